The van der Waals surface area contributed by atoms with Crippen molar-refractivity contribution in [3.05, 3.63) is 95.1 Å². The Morgan fingerprint density at radius 2 is 1.66 bits per heavy atom. The molecule has 0 fully saturated rings. The molecule has 1 atom stereocenters. The third-order valence-corrected chi connectivity index (χ3v) is 5.23. The molecule has 0 aliphatic rings. The molecule has 5 nitrogen and oxygen atoms in total. The summed E-state index contributed by atoms with van der Waals surface area (Å²) in [6.07, 6.45) is 0.582. The normalized spacial score (nSPS) is 11.5. The number of aryl methyl sites for hydroxylation is 2. The highest BCUT2D eigenvalue weighted by Gasteiger charge is 2.21. The third-order valence-electron chi connectivity index (χ3n) is 5.23. The maximum Gasteiger partial charge on any atom is 0.265 e. The van der Waals surface area contributed by atoms with E-state index in [0.29, 0.717) is 30.0 Å². The molecule has 0 saturated heterocycles. The van der Waals surface area contributed by atoms with E-state index in [1.807, 2.05) is 69.3 Å². The van der Waals surface area contributed by atoms with E-state index in [2.05, 4.69) is 10.6 Å². The van der Waals surface area contributed by atoms with Gasteiger partial charge in [0.1, 0.15) is 5.75 Å². The second-order valence-corrected chi connectivity index (χ2v) is 7.81. The van der Waals surface area contributed by atoms with Gasteiger partial charge in [0.25, 0.3) is 11.8 Å². The van der Waals surface area contributed by atoms with Crippen LogP contribution in [0.25, 0.3) is 0 Å². The van der Waals surface area contributed by atoms with Crippen molar-refractivity contribution in [2.45, 2.75) is 39.7 Å². The van der Waals surface area contributed by atoms with Crippen LogP contribution in [-0.2, 0) is 11.2 Å². The molecule has 0 aromatic heterocycles. The van der Waals surface area contributed by atoms with E-state index in [-0.39, 0.29) is 11.8 Å². The molecule has 3 rings (SSSR count). The zero-order chi connectivity index (χ0) is 22.9. The number of hydrogen-bond acceptors (Lipinski definition) is 3. The van der Waals surface area contributed by atoms with Crippen LogP contribution in [0, 0.1) is 13.8 Å². The highest BCUT2D eigenvalue weighted by molar-refractivity contribution is 6.04. The Morgan fingerprint density at radius 1 is 0.938 bits per heavy atom. The molecule has 0 aliphatic carbocycles. The first-order chi connectivity index (χ1) is 15.5. The smallest absolute Gasteiger partial charge is 0.265 e. The molecule has 2 amide bonds. The molecule has 0 spiro atoms. The molecule has 32 heavy (non-hydrogen) atoms. The van der Waals surface area contributed by atoms with E-state index in [1.165, 1.54) is 0 Å². The average molecular weight is 431 g/mol. The lowest BCUT2D eigenvalue weighted by atomic mass is 10.1. The van der Waals surface area contributed by atoms with Crippen molar-refractivity contribution < 1.29 is 14.3 Å². The molecular weight excluding hydrogens is 400 g/mol. The number of para-hydroxylation sites is 1. The Hall–Kier alpha value is -3.60. The van der Waals surface area contributed by atoms with E-state index in [9.17, 15) is 9.59 Å². The van der Waals surface area contributed by atoms with Crippen molar-refractivity contribution in [3.63, 3.8) is 0 Å². The van der Waals surface area contributed by atoms with Gasteiger partial charge in [0.15, 0.2) is 6.10 Å². The molecule has 5 heteroatoms. The first kappa shape index (κ1) is 23.1. The first-order valence-corrected chi connectivity index (χ1v) is 10.9. The minimum atomic E-state index is -0.661. The number of anilines is 1. The fourth-order valence-corrected chi connectivity index (χ4v) is 3.47. The number of ether oxygens (including phenoxy) is 1. The van der Waals surface area contributed by atoms with Crippen LogP contribution in [0.3, 0.4) is 0 Å². The van der Waals surface area contributed by atoms with Crippen LogP contribution in [0.4, 0.5) is 5.69 Å². The molecule has 0 heterocycles. The summed E-state index contributed by atoms with van der Waals surface area (Å²) in [6.45, 7) is 6.39. The van der Waals surface area contributed by atoms with Gasteiger partial charge in [-0.25, -0.2) is 0 Å². The van der Waals surface area contributed by atoms with Crippen molar-refractivity contribution in [1.82, 2.24) is 5.32 Å². The second kappa shape index (κ2) is 11.1. The van der Waals surface area contributed by atoms with Gasteiger partial charge in [-0.1, -0.05) is 67.1 Å². The van der Waals surface area contributed by atoms with Crippen LogP contribution in [-0.4, -0.2) is 24.5 Å². The number of carbonyl (C=O) groups excluding carboxylic acids is 2. The summed E-state index contributed by atoms with van der Waals surface area (Å²) in [5.74, 6) is 0.182. The predicted octanol–water partition coefficient (Wildman–Crippen LogP) is 5.07. The monoisotopic (exact) mass is 430 g/mol. The number of amides is 2. The molecule has 0 saturated carbocycles. The van der Waals surface area contributed by atoms with Gasteiger partial charge in [-0.3, -0.25) is 9.59 Å². The van der Waals surface area contributed by atoms with Gasteiger partial charge < -0.3 is 15.4 Å². The van der Waals surface area contributed by atoms with Crippen molar-refractivity contribution >= 4 is 17.5 Å². The SMILES string of the molecule is CC[C@@H](Oc1ccc(C)cc1C)C(=O)Nc1ccccc1C(=O)NCCc1ccccc1. The molecule has 0 aliphatic heterocycles. The zero-order valence-corrected chi connectivity index (χ0v) is 18.9. The standard InChI is InChI=1S/C27H30N2O3/c1-4-24(32-25-15-14-19(2)18-20(25)3)27(31)29-23-13-9-8-12-22(23)26(30)28-17-16-21-10-6-5-7-11-21/h5-15,18,24H,4,16-17H2,1-3H3,(H,28,30)(H,29,31)/t24-/m1/s1. The fraction of sp³-hybridized carbons (Fsp3) is 0.259. The molecule has 2 N–H and O–H groups in total. The summed E-state index contributed by atoms with van der Waals surface area (Å²) in [5.41, 5.74) is 4.17. The number of carbonyl (C=O) groups is 2. The van der Waals surface area contributed by atoms with Gasteiger partial charge in [0, 0.05) is 6.54 Å². The largest absolute Gasteiger partial charge is 0.480 e. The maximum atomic E-state index is 12.9. The highest BCUT2D eigenvalue weighted by atomic mass is 16.5. The van der Waals surface area contributed by atoms with E-state index >= 15 is 0 Å². The number of nitrogens with one attached hydrogen (secondary N) is 2. The van der Waals surface area contributed by atoms with Crippen molar-refractivity contribution in [2.75, 3.05) is 11.9 Å². The van der Waals surface area contributed by atoms with Crippen LogP contribution in [0.15, 0.2) is 72.8 Å². The molecule has 0 radical (unpaired) electrons. The Kier molecular flexibility index (Phi) is 8.03. The summed E-state index contributed by atoms with van der Waals surface area (Å²) in [5, 5.41) is 5.81. The Morgan fingerprint density at radius 3 is 2.38 bits per heavy atom. The minimum absolute atomic E-state index is 0.222. The lowest BCUT2D eigenvalue weighted by Crippen LogP contribution is -2.34. The number of rotatable bonds is 9. The summed E-state index contributed by atoms with van der Waals surface area (Å²) in [6, 6.07) is 22.9. The summed E-state index contributed by atoms with van der Waals surface area (Å²) < 4.78 is 5.99. The van der Waals surface area contributed by atoms with Crippen molar-refractivity contribution in [2.24, 2.45) is 0 Å². The van der Waals surface area contributed by atoms with Crippen molar-refractivity contribution in [1.29, 1.82) is 0 Å². The molecule has 3 aromatic rings. The summed E-state index contributed by atoms with van der Waals surface area (Å²) >= 11 is 0. The average Bonchev–Trinajstić information content (AvgIpc) is 2.79. The van der Waals surface area contributed by atoms with E-state index < -0.39 is 6.10 Å². The molecule has 3 aromatic carbocycles. The quantitative estimate of drug-likeness (QED) is 0.498. The lowest BCUT2D eigenvalue weighted by Gasteiger charge is -2.20. The lowest BCUT2D eigenvalue weighted by molar-refractivity contribution is -0.122. The van der Waals surface area contributed by atoms with Gasteiger partial charge in [0.2, 0.25) is 0 Å². The number of hydrogen-bond donors (Lipinski definition) is 2. The van der Waals surface area contributed by atoms with Crippen LogP contribution < -0.4 is 15.4 Å². The summed E-state index contributed by atoms with van der Waals surface area (Å²) in [4.78, 5) is 25.7. The first-order valence-electron chi connectivity index (χ1n) is 10.9. The topological polar surface area (TPSA) is 67.4 Å². The fourth-order valence-electron chi connectivity index (χ4n) is 3.47. The van der Waals surface area contributed by atoms with Crippen molar-refractivity contribution in [3.8, 4) is 5.75 Å². The number of benzene rings is 3. The van der Waals surface area contributed by atoms with Gasteiger partial charge in [-0.2, -0.15) is 0 Å². The van der Waals surface area contributed by atoms with Gasteiger partial charge in [-0.15, -0.1) is 0 Å². The van der Waals surface area contributed by atoms with Gasteiger partial charge in [-0.05, 0) is 56.0 Å². The highest BCUT2D eigenvalue weighted by Crippen LogP contribution is 2.22. The van der Waals surface area contributed by atoms with Crippen LogP contribution in [0.1, 0.15) is 40.4 Å². The Labute approximate surface area is 189 Å². The van der Waals surface area contributed by atoms with Gasteiger partial charge in [0.05, 0.1) is 11.3 Å². The molecular formula is C27H30N2O3. The molecule has 166 valence electrons. The van der Waals surface area contributed by atoms with Crippen LogP contribution in [0.2, 0.25) is 0 Å². The zero-order valence-electron chi connectivity index (χ0n) is 18.9. The maximum absolute atomic E-state index is 12.9. The van der Waals surface area contributed by atoms with Crippen LogP contribution in [0.5, 0.6) is 5.75 Å². The third kappa shape index (κ3) is 6.20. The van der Waals surface area contributed by atoms with Gasteiger partial charge >= 0.3 is 0 Å². The molecule has 0 unspecified atom stereocenters. The van der Waals surface area contributed by atoms with E-state index in [4.69, 9.17) is 4.74 Å². The predicted molar refractivity (Wildman–Crippen MR) is 128 cm³/mol. The van der Waals surface area contributed by atoms with E-state index in [0.717, 1.165) is 23.1 Å². The van der Waals surface area contributed by atoms with Crippen LogP contribution >= 0.6 is 0 Å². The Bertz CT molecular complexity index is 1060. The summed E-state index contributed by atoms with van der Waals surface area (Å²) in [7, 11) is 0. The second-order valence-electron chi connectivity index (χ2n) is 7.81. The Balaban J connectivity index is 1.64. The minimum Gasteiger partial charge on any atom is -0.480 e. The van der Waals surface area contributed by atoms with E-state index in [1.54, 1.807) is 24.3 Å². The molecule has 0 bridgehead atoms.